The molecule has 0 bridgehead atoms. The molecule has 2 aliphatic carbocycles. The van der Waals surface area contributed by atoms with Crippen LogP contribution in [0.25, 0.3) is 0 Å². The number of nitrogens with zero attached hydrogens (tertiary/aromatic N) is 1. The molecule has 0 aliphatic heterocycles. The zero-order chi connectivity index (χ0) is 9.26. The molecule has 0 spiro atoms. The van der Waals surface area contributed by atoms with Crippen LogP contribution in [0.2, 0.25) is 0 Å². The van der Waals surface area contributed by atoms with Gasteiger partial charge in [-0.15, -0.1) is 0 Å². The van der Waals surface area contributed by atoms with Gasteiger partial charge < -0.3 is 5.32 Å². The minimum absolute atomic E-state index is 0.143. The normalized spacial score (nSPS) is 37.7. The second-order valence-electron chi connectivity index (χ2n) is 4.28. The summed E-state index contributed by atoms with van der Waals surface area (Å²) in [5, 5.41) is 12.1. The van der Waals surface area contributed by atoms with Crippen LogP contribution >= 0.6 is 0 Å². The van der Waals surface area contributed by atoms with Crippen molar-refractivity contribution in [2.75, 3.05) is 6.54 Å². The summed E-state index contributed by atoms with van der Waals surface area (Å²) in [6, 6.07) is 2.90. The summed E-state index contributed by atoms with van der Waals surface area (Å²) in [4.78, 5) is 0. The summed E-state index contributed by atoms with van der Waals surface area (Å²) >= 11 is 0. The molecule has 1 saturated carbocycles. The molecule has 2 heteroatoms. The fraction of sp³-hybridized carbons (Fsp3) is 0.727. The summed E-state index contributed by atoms with van der Waals surface area (Å²) in [7, 11) is 0. The summed E-state index contributed by atoms with van der Waals surface area (Å²) in [5.41, 5.74) is 0. The molecule has 0 saturated heterocycles. The highest BCUT2D eigenvalue weighted by molar-refractivity contribution is 5.12. The Balaban J connectivity index is 1.73. The SMILES string of the molecule is CC(C#N)CNC1CC2CC=CC21. The first-order valence-electron chi connectivity index (χ1n) is 5.11. The molecule has 0 amide bonds. The molecule has 0 aromatic rings. The second kappa shape index (κ2) is 3.51. The van der Waals surface area contributed by atoms with E-state index in [0.29, 0.717) is 6.04 Å². The molecule has 4 atom stereocenters. The van der Waals surface area contributed by atoms with E-state index in [0.717, 1.165) is 18.4 Å². The smallest absolute Gasteiger partial charge is 0.0666 e. The average molecular weight is 176 g/mol. The van der Waals surface area contributed by atoms with Crippen LogP contribution in [-0.4, -0.2) is 12.6 Å². The van der Waals surface area contributed by atoms with Gasteiger partial charge in [-0.2, -0.15) is 5.26 Å². The minimum atomic E-state index is 0.143. The first-order chi connectivity index (χ1) is 6.31. The Bertz CT molecular complexity index is 251. The van der Waals surface area contributed by atoms with Crippen molar-refractivity contribution in [1.29, 1.82) is 5.26 Å². The van der Waals surface area contributed by atoms with Gasteiger partial charge in [0.05, 0.1) is 12.0 Å². The van der Waals surface area contributed by atoms with E-state index in [9.17, 15) is 0 Å². The van der Waals surface area contributed by atoms with Gasteiger partial charge in [-0.25, -0.2) is 0 Å². The van der Waals surface area contributed by atoms with Crippen molar-refractivity contribution in [3.63, 3.8) is 0 Å². The Morgan fingerprint density at radius 2 is 2.54 bits per heavy atom. The van der Waals surface area contributed by atoms with Crippen LogP contribution in [0.3, 0.4) is 0 Å². The molecule has 70 valence electrons. The Hall–Kier alpha value is -0.810. The van der Waals surface area contributed by atoms with E-state index < -0.39 is 0 Å². The number of hydrogen-bond donors (Lipinski definition) is 1. The Kier molecular flexibility index (Phi) is 2.37. The highest BCUT2D eigenvalue weighted by Crippen LogP contribution is 2.42. The van der Waals surface area contributed by atoms with Gasteiger partial charge in [0.15, 0.2) is 0 Å². The molecule has 0 heterocycles. The maximum Gasteiger partial charge on any atom is 0.0666 e. The Morgan fingerprint density at radius 3 is 3.23 bits per heavy atom. The molecule has 13 heavy (non-hydrogen) atoms. The van der Waals surface area contributed by atoms with Gasteiger partial charge in [0.25, 0.3) is 0 Å². The average Bonchev–Trinajstić information content (AvgIpc) is 2.47. The van der Waals surface area contributed by atoms with Crippen molar-refractivity contribution in [1.82, 2.24) is 5.32 Å². The van der Waals surface area contributed by atoms with Crippen LogP contribution in [0, 0.1) is 29.1 Å². The van der Waals surface area contributed by atoms with Gasteiger partial charge in [0, 0.05) is 12.6 Å². The van der Waals surface area contributed by atoms with Crippen LogP contribution in [0.1, 0.15) is 19.8 Å². The molecule has 2 rings (SSSR count). The van der Waals surface area contributed by atoms with Crippen LogP contribution in [-0.2, 0) is 0 Å². The summed E-state index contributed by atoms with van der Waals surface area (Å²) in [6.45, 7) is 2.81. The van der Waals surface area contributed by atoms with Crippen LogP contribution in [0.5, 0.6) is 0 Å². The number of hydrogen-bond acceptors (Lipinski definition) is 2. The molecule has 4 unspecified atom stereocenters. The van der Waals surface area contributed by atoms with E-state index in [1.54, 1.807) is 0 Å². The third kappa shape index (κ3) is 1.62. The van der Waals surface area contributed by atoms with Gasteiger partial charge in [-0.05, 0) is 31.6 Å². The largest absolute Gasteiger partial charge is 0.312 e. The van der Waals surface area contributed by atoms with Gasteiger partial charge in [0.1, 0.15) is 0 Å². The van der Waals surface area contributed by atoms with Crippen molar-refractivity contribution in [2.24, 2.45) is 17.8 Å². The molecule has 2 nitrogen and oxygen atoms in total. The molecule has 0 radical (unpaired) electrons. The van der Waals surface area contributed by atoms with Crippen LogP contribution < -0.4 is 5.32 Å². The predicted octanol–water partition coefficient (Wildman–Crippen LogP) is 1.70. The molecule has 2 aliphatic rings. The Labute approximate surface area is 79.6 Å². The van der Waals surface area contributed by atoms with Gasteiger partial charge in [0.2, 0.25) is 0 Å². The minimum Gasteiger partial charge on any atom is -0.312 e. The first kappa shape index (κ1) is 8.77. The van der Waals surface area contributed by atoms with Crippen LogP contribution in [0.4, 0.5) is 0 Å². The van der Waals surface area contributed by atoms with Crippen molar-refractivity contribution in [3.05, 3.63) is 12.2 Å². The predicted molar refractivity (Wildman–Crippen MR) is 51.9 cm³/mol. The van der Waals surface area contributed by atoms with Gasteiger partial charge >= 0.3 is 0 Å². The standard InChI is InChI=1S/C11H16N2/c1-8(6-12)7-13-11-5-9-3-2-4-10(9)11/h2,4,8-11,13H,3,5,7H2,1H3. The second-order valence-corrected chi connectivity index (χ2v) is 4.28. The monoisotopic (exact) mass is 176 g/mol. The van der Waals surface area contributed by atoms with Crippen LogP contribution in [0.15, 0.2) is 12.2 Å². The Morgan fingerprint density at radius 1 is 1.69 bits per heavy atom. The zero-order valence-electron chi connectivity index (χ0n) is 8.03. The van der Waals surface area contributed by atoms with E-state index in [2.05, 4.69) is 23.5 Å². The van der Waals surface area contributed by atoms with E-state index >= 15 is 0 Å². The first-order valence-corrected chi connectivity index (χ1v) is 5.11. The molecule has 1 fully saturated rings. The third-order valence-electron chi connectivity index (χ3n) is 3.27. The van der Waals surface area contributed by atoms with Gasteiger partial charge in [-0.3, -0.25) is 0 Å². The third-order valence-corrected chi connectivity index (χ3v) is 3.27. The highest BCUT2D eigenvalue weighted by Gasteiger charge is 2.40. The summed E-state index contributed by atoms with van der Waals surface area (Å²) in [5.74, 6) is 1.82. The lowest BCUT2D eigenvalue weighted by molar-refractivity contribution is 0.161. The maximum atomic E-state index is 8.62. The summed E-state index contributed by atoms with van der Waals surface area (Å²) in [6.07, 6.45) is 7.21. The number of allylic oxidation sites excluding steroid dienone is 1. The molecule has 1 N–H and O–H groups in total. The quantitative estimate of drug-likeness (QED) is 0.664. The molecule has 0 aromatic carbocycles. The number of nitriles is 1. The van der Waals surface area contributed by atoms with Crippen molar-refractivity contribution < 1.29 is 0 Å². The lowest BCUT2D eigenvalue weighted by Crippen LogP contribution is -2.49. The number of nitrogens with one attached hydrogen (secondary N) is 1. The zero-order valence-corrected chi connectivity index (χ0v) is 8.03. The van der Waals surface area contributed by atoms with E-state index in [-0.39, 0.29) is 5.92 Å². The van der Waals surface area contributed by atoms with E-state index in [4.69, 9.17) is 5.26 Å². The van der Waals surface area contributed by atoms with E-state index in [1.165, 1.54) is 12.8 Å². The molecule has 0 aromatic heterocycles. The lowest BCUT2D eigenvalue weighted by Gasteiger charge is -2.41. The van der Waals surface area contributed by atoms with Crippen molar-refractivity contribution in [2.45, 2.75) is 25.8 Å². The fourth-order valence-corrected chi connectivity index (χ4v) is 2.32. The van der Waals surface area contributed by atoms with Gasteiger partial charge in [-0.1, -0.05) is 12.2 Å². The maximum absolute atomic E-state index is 8.62. The highest BCUT2D eigenvalue weighted by atomic mass is 14.9. The van der Waals surface area contributed by atoms with E-state index in [1.807, 2.05) is 6.92 Å². The lowest BCUT2D eigenvalue weighted by atomic mass is 9.71. The van der Waals surface area contributed by atoms with Crippen molar-refractivity contribution >= 4 is 0 Å². The molecular weight excluding hydrogens is 160 g/mol. The number of fused-ring (bicyclic) bond motifs is 1. The summed E-state index contributed by atoms with van der Waals surface area (Å²) < 4.78 is 0. The fourth-order valence-electron chi connectivity index (χ4n) is 2.32. The van der Waals surface area contributed by atoms with Crippen molar-refractivity contribution in [3.8, 4) is 6.07 Å². The topological polar surface area (TPSA) is 35.8 Å². The molecular formula is C11H16N2. The number of rotatable bonds is 3.